The molecule has 5 nitrogen and oxygen atoms in total. The van der Waals surface area contributed by atoms with E-state index in [0.717, 1.165) is 12.9 Å². The number of hydrogen-bond donors (Lipinski definition) is 3. The lowest BCUT2D eigenvalue weighted by Gasteiger charge is -1.91. The van der Waals surface area contributed by atoms with Crippen LogP contribution in [0.5, 0.6) is 0 Å². The third-order valence-electron chi connectivity index (χ3n) is 0.596. The first-order valence-electron chi connectivity index (χ1n) is 2.97. The summed E-state index contributed by atoms with van der Waals surface area (Å²) in [6, 6.07) is 0. The molecule has 5 N–H and O–H groups in total. The van der Waals surface area contributed by atoms with Crippen molar-refractivity contribution in [3.63, 3.8) is 0 Å². The second-order valence-electron chi connectivity index (χ2n) is 2.02. The molecule has 0 fully saturated rings. The van der Waals surface area contributed by atoms with Gasteiger partial charge >= 0.3 is 0 Å². The van der Waals surface area contributed by atoms with Crippen molar-refractivity contribution in [2.24, 2.45) is 27.7 Å². The second-order valence-corrected chi connectivity index (χ2v) is 2.02. The highest BCUT2D eigenvalue weighted by Crippen LogP contribution is 1.81. The van der Waals surface area contributed by atoms with Crippen molar-refractivity contribution in [2.45, 2.75) is 13.8 Å². The normalized spacial score (nSPS) is 9.20. The molecule has 0 amide bonds. The van der Waals surface area contributed by atoms with Crippen LogP contribution in [0, 0.1) is 11.4 Å². The van der Waals surface area contributed by atoms with Crippen LogP contribution in [0.3, 0.4) is 0 Å². The molecule has 0 bridgehead atoms. The molecule has 0 saturated carbocycles. The maximum absolute atomic E-state index is 6.00. The third-order valence-corrected chi connectivity index (χ3v) is 0.596. The highest BCUT2D eigenvalue weighted by atomic mass is 15.2. The summed E-state index contributed by atoms with van der Waals surface area (Å²) >= 11 is 0. The van der Waals surface area contributed by atoms with E-state index < -0.39 is 0 Å². The van der Waals surface area contributed by atoms with Crippen LogP contribution in [0.2, 0.25) is 0 Å². The van der Waals surface area contributed by atoms with Gasteiger partial charge in [-0.25, -0.2) is 5.53 Å². The molecule has 0 aromatic carbocycles. The first-order chi connectivity index (χ1) is 4.68. The van der Waals surface area contributed by atoms with E-state index >= 15 is 0 Å². The zero-order chi connectivity index (χ0) is 8.41. The smallest absolute Gasteiger partial charge is 0.156 e. The molecule has 0 aliphatic heterocycles. The van der Waals surface area contributed by atoms with Gasteiger partial charge in [0.15, 0.2) is 6.34 Å². The number of nitrogens with zero attached hydrogens (tertiary/aromatic N) is 2. The van der Waals surface area contributed by atoms with E-state index in [2.05, 4.69) is 29.9 Å². The van der Waals surface area contributed by atoms with Crippen LogP contribution in [-0.4, -0.2) is 12.9 Å². The first-order valence-corrected chi connectivity index (χ1v) is 2.97. The summed E-state index contributed by atoms with van der Waals surface area (Å²) in [5.74, 6) is 5.16. The van der Waals surface area contributed by atoms with Crippen LogP contribution in [-0.2, 0) is 0 Å². The SMILES string of the molecule is CC(C)CN.N=NC=NN. The van der Waals surface area contributed by atoms with Crippen LogP contribution in [0.15, 0.2) is 10.2 Å². The van der Waals surface area contributed by atoms with Crippen molar-refractivity contribution in [1.29, 1.82) is 5.53 Å². The summed E-state index contributed by atoms with van der Waals surface area (Å²) in [5, 5.41) is 5.56. The van der Waals surface area contributed by atoms with Gasteiger partial charge in [0, 0.05) is 0 Å². The van der Waals surface area contributed by atoms with E-state index in [9.17, 15) is 0 Å². The Morgan fingerprint density at radius 3 is 2.00 bits per heavy atom. The molecular formula is C5H15N5. The second kappa shape index (κ2) is 10.9. The van der Waals surface area contributed by atoms with E-state index in [1.807, 2.05) is 0 Å². The topological polar surface area (TPSA) is 101 Å². The standard InChI is InChI=1S/C4H11N.CH4N4/c1-4(2)3-5;2-4-1-5-3/h4H,3,5H2,1-2H3;1-2H,3H2. The summed E-state index contributed by atoms with van der Waals surface area (Å²) < 4.78 is 0. The summed E-state index contributed by atoms with van der Waals surface area (Å²) in [6.45, 7) is 5.00. The Kier molecular flexibility index (Phi) is 12.9. The zero-order valence-electron chi connectivity index (χ0n) is 6.41. The molecule has 0 aromatic rings. The Hall–Kier alpha value is -0.970. The van der Waals surface area contributed by atoms with Gasteiger partial charge in [0.05, 0.1) is 0 Å². The van der Waals surface area contributed by atoms with Crippen LogP contribution in [0.25, 0.3) is 0 Å². The predicted octanol–water partition coefficient (Wildman–Crippen LogP) is 0.520. The molecule has 0 spiro atoms. The van der Waals surface area contributed by atoms with Crippen molar-refractivity contribution in [2.75, 3.05) is 6.54 Å². The highest BCUT2D eigenvalue weighted by Gasteiger charge is 1.80. The molecule has 0 aliphatic rings. The predicted molar refractivity (Wildman–Crippen MR) is 41.7 cm³/mol. The van der Waals surface area contributed by atoms with Crippen molar-refractivity contribution >= 4 is 6.34 Å². The maximum Gasteiger partial charge on any atom is 0.156 e. The first kappa shape index (κ1) is 11.8. The molecule has 0 rings (SSSR count). The van der Waals surface area contributed by atoms with Crippen LogP contribution in [0.4, 0.5) is 0 Å². The Bertz CT molecular complexity index is 88.0. The molecule has 0 radical (unpaired) electrons. The lowest BCUT2D eigenvalue weighted by atomic mass is 10.2. The fraction of sp³-hybridized carbons (Fsp3) is 0.800. The molecular weight excluding hydrogens is 130 g/mol. The lowest BCUT2D eigenvalue weighted by molar-refractivity contribution is 0.664. The average Bonchev–Trinajstić information content (AvgIpc) is 1.91. The fourth-order valence-corrected chi connectivity index (χ4v) is 0.0333. The zero-order valence-corrected chi connectivity index (χ0v) is 6.41. The number of hydrogen-bond acceptors (Lipinski definition) is 4. The minimum Gasteiger partial charge on any atom is -0.330 e. The quantitative estimate of drug-likeness (QED) is 0.173. The average molecular weight is 145 g/mol. The third kappa shape index (κ3) is 27.8. The monoisotopic (exact) mass is 145 g/mol. The fourth-order valence-electron chi connectivity index (χ4n) is 0.0333. The largest absolute Gasteiger partial charge is 0.330 e. The summed E-state index contributed by atoms with van der Waals surface area (Å²) in [6.07, 6.45) is 0.944. The van der Waals surface area contributed by atoms with Gasteiger partial charge < -0.3 is 11.6 Å². The Labute approximate surface area is 61.0 Å². The van der Waals surface area contributed by atoms with E-state index in [-0.39, 0.29) is 0 Å². The summed E-state index contributed by atoms with van der Waals surface area (Å²) in [5.41, 5.74) is 11.2. The van der Waals surface area contributed by atoms with Gasteiger partial charge in [-0.3, -0.25) is 0 Å². The maximum atomic E-state index is 6.00. The van der Waals surface area contributed by atoms with Crippen LogP contribution < -0.4 is 11.6 Å². The number of hydrazone groups is 1. The lowest BCUT2D eigenvalue weighted by Crippen LogP contribution is -2.05. The summed E-state index contributed by atoms with van der Waals surface area (Å²) in [4.78, 5) is 0. The minimum absolute atomic E-state index is 0.662. The van der Waals surface area contributed by atoms with Crippen molar-refractivity contribution in [1.82, 2.24) is 0 Å². The van der Waals surface area contributed by atoms with E-state index in [1.165, 1.54) is 0 Å². The molecule has 60 valence electrons. The van der Waals surface area contributed by atoms with Crippen LogP contribution >= 0.6 is 0 Å². The molecule has 10 heavy (non-hydrogen) atoms. The Morgan fingerprint density at radius 1 is 1.60 bits per heavy atom. The van der Waals surface area contributed by atoms with E-state index in [4.69, 9.17) is 11.3 Å². The molecule has 5 heteroatoms. The van der Waals surface area contributed by atoms with E-state index in [0.29, 0.717) is 5.92 Å². The van der Waals surface area contributed by atoms with Crippen LogP contribution in [0.1, 0.15) is 13.8 Å². The molecule has 0 heterocycles. The molecule has 0 saturated heterocycles. The van der Waals surface area contributed by atoms with Gasteiger partial charge in [0.25, 0.3) is 0 Å². The Balaban J connectivity index is 0. The molecule has 0 aromatic heterocycles. The van der Waals surface area contributed by atoms with E-state index in [1.54, 1.807) is 0 Å². The van der Waals surface area contributed by atoms with Crippen molar-refractivity contribution in [3.05, 3.63) is 0 Å². The van der Waals surface area contributed by atoms with Gasteiger partial charge in [-0.2, -0.15) is 5.10 Å². The van der Waals surface area contributed by atoms with Crippen molar-refractivity contribution < 1.29 is 0 Å². The van der Waals surface area contributed by atoms with Crippen molar-refractivity contribution in [3.8, 4) is 0 Å². The molecule has 0 unspecified atom stereocenters. The number of nitrogens with one attached hydrogen (secondary N) is 1. The highest BCUT2D eigenvalue weighted by molar-refractivity contribution is 5.52. The van der Waals surface area contributed by atoms with Gasteiger partial charge in [-0.15, -0.1) is 5.11 Å². The molecule has 0 atom stereocenters. The van der Waals surface area contributed by atoms with Gasteiger partial charge in [-0.1, -0.05) is 13.8 Å². The number of nitrogens with two attached hydrogens (primary N) is 2. The van der Waals surface area contributed by atoms with Gasteiger partial charge in [0.1, 0.15) is 0 Å². The Morgan fingerprint density at radius 2 is 2.00 bits per heavy atom. The number of rotatable bonds is 2. The minimum atomic E-state index is 0.662. The molecule has 0 aliphatic carbocycles. The van der Waals surface area contributed by atoms with Gasteiger partial charge in [-0.05, 0) is 12.5 Å². The van der Waals surface area contributed by atoms with Gasteiger partial charge in [0.2, 0.25) is 0 Å². The summed E-state index contributed by atoms with van der Waals surface area (Å²) in [7, 11) is 0.